The normalized spacial score (nSPS) is 15.8. The zero-order chi connectivity index (χ0) is 15.4. The molecule has 1 amide bonds. The first-order valence-electron chi connectivity index (χ1n) is 7.40. The highest BCUT2D eigenvalue weighted by Gasteiger charge is 2.17. The second kappa shape index (κ2) is 7.15. The summed E-state index contributed by atoms with van der Waals surface area (Å²) >= 11 is 2.88. The van der Waals surface area contributed by atoms with E-state index in [-0.39, 0.29) is 5.91 Å². The number of thioether (sulfide) groups is 1. The molecule has 6 nitrogen and oxygen atoms in total. The molecular weight excluding hydrogens is 318 g/mol. The Morgan fingerprint density at radius 1 is 1.41 bits per heavy atom. The number of rotatable bonds is 5. The molecule has 118 valence electrons. The molecule has 0 bridgehead atoms. The number of carbonyl (C=O) groups is 1. The average Bonchev–Trinajstić information content (AvgIpc) is 3.16. The number of hydrogen-bond acceptors (Lipinski definition) is 6. The van der Waals surface area contributed by atoms with Crippen LogP contribution in [0.3, 0.4) is 0 Å². The maximum absolute atomic E-state index is 12.0. The summed E-state index contributed by atoms with van der Waals surface area (Å²) in [5.41, 5.74) is 0. The molecular formula is C14H19N5OS2. The molecule has 3 N–H and O–H groups in total. The summed E-state index contributed by atoms with van der Waals surface area (Å²) in [4.78, 5) is 13.0. The van der Waals surface area contributed by atoms with Crippen molar-refractivity contribution < 1.29 is 4.79 Å². The van der Waals surface area contributed by atoms with Crippen LogP contribution in [0.5, 0.6) is 0 Å². The number of thiophene rings is 1. The highest BCUT2D eigenvalue weighted by Crippen LogP contribution is 2.25. The van der Waals surface area contributed by atoms with E-state index in [0.29, 0.717) is 22.8 Å². The van der Waals surface area contributed by atoms with E-state index in [4.69, 9.17) is 5.84 Å². The number of nitrogen functional groups attached to an aromatic ring is 1. The SMILES string of the molecule is Nn1c(SCC(=O)NC2CCCCC2)nnc1-c1cccs1. The summed E-state index contributed by atoms with van der Waals surface area (Å²) in [6.07, 6.45) is 5.87. The van der Waals surface area contributed by atoms with E-state index < -0.39 is 0 Å². The molecule has 0 spiro atoms. The number of aromatic nitrogens is 3. The summed E-state index contributed by atoms with van der Waals surface area (Å²) in [6, 6.07) is 4.22. The third kappa shape index (κ3) is 3.61. The highest BCUT2D eigenvalue weighted by atomic mass is 32.2. The van der Waals surface area contributed by atoms with Gasteiger partial charge in [0.15, 0.2) is 5.82 Å². The van der Waals surface area contributed by atoms with Gasteiger partial charge < -0.3 is 11.2 Å². The molecule has 1 aliphatic carbocycles. The van der Waals surface area contributed by atoms with Gasteiger partial charge in [0.1, 0.15) is 0 Å². The monoisotopic (exact) mass is 337 g/mol. The summed E-state index contributed by atoms with van der Waals surface area (Å²) in [6.45, 7) is 0. The van der Waals surface area contributed by atoms with Crippen LogP contribution in [0, 0.1) is 0 Å². The Hall–Kier alpha value is -1.54. The van der Waals surface area contributed by atoms with Crippen molar-refractivity contribution in [1.82, 2.24) is 20.2 Å². The van der Waals surface area contributed by atoms with Crippen LogP contribution < -0.4 is 11.2 Å². The molecule has 0 radical (unpaired) electrons. The van der Waals surface area contributed by atoms with E-state index in [1.807, 2.05) is 17.5 Å². The van der Waals surface area contributed by atoms with Crippen molar-refractivity contribution in [2.75, 3.05) is 11.6 Å². The van der Waals surface area contributed by atoms with Crippen LogP contribution in [-0.2, 0) is 4.79 Å². The largest absolute Gasteiger partial charge is 0.353 e. The van der Waals surface area contributed by atoms with E-state index in [1.165, 1.54) is 35.7 Å². The predicted molar refractivity (Wildman–Crippen MR) is 89.2 cm³/mol. The minimum Gasteiger partial charge on any atom is -0.353 e. The van der Waals surface area contributed by atoms with Gasteiger partial charge in [-0.25, -0.2) is 4.68 Å². The lowest BCUT2D eigenvalue weighted by molar-refractivity contribution is -0.119. The zero-order valence-electron chi connectivity index (χ0n) is 12.2. The van der Waals surface area contributed by atoms with Crippen molar-refractivity contribution in [3.05, 3.63) is 17.5 Å². The van der Waals surface area contributed by atoms with Crippen LogP contribution in [0.25, 0.3) is 10.7 Å². The molecule has 1 fully saturated rings. The Labute approximate surface area is 137 Å². The van der Waals surface area contributed by atoms with E-state index in [2.05, 4.69) is 15.5 Å². The number of nitrogens with zero attached hydrogens (tertiary/aromatic N) is 3. The van der Waals surface area contributed by atoms with Crippen LogP contribution in [0.4, 0.5) is 0 Å². The van der Waals surface area contributed by atoms with Crippen LogP contribution in [0.2, 0.25) is 0 Å². The Morgan fingerprint density at radius 3 is 2.95 bits per heavy atom. The van der Waals surface area contributed by atoms with Crippen molar-refractivity contribution in [2.24, 2.45) is 0 Å². The number of nitrogens with two attached hydrogens (primary N) is 1. The van der Waals surface area contributed by atoms with Crippen molar-refractivity contribution in [2.45, 2.75) is 43.3 Å². The predicted octanol–water partition coefficient (Wildman–Crippen LogP) is 2.26. The molecule has 0 unspecified atom stereocenters. The first-order valence-corrected chi connectivity index (χ1v) is 9.27. The minimum atomic E-state index is 0.0394. The number of hydrogen-bond donors (Lipinski definition) is 2. The van der Waals surface area contributed by atoms with Crippen LogP contribution in [-0.4, -0.2) is 32.6 Å². The van der Waals surface area contributed by atoms with E-state index in [1.54, 1.807) is 11.3 Å². The van der Waals surface area contributed by atoms with Gasteiger partial charge in [0.25, 0.3) is 0 Å². The van der Waals surface area contributed by atoms with E-state index in [0.717, 1.165) is 17.7 Å². The molecule has 0 saturated heterocycles. The highest BCUT2D eigenvalue weighted by molar-refractivity contribution is 7.99. The molecule has 22 heavy (non-hydrogen) atoms. The van der Waals surface area contributed by atoms with Gasteiger partial charge in [-0.2, -0.15) is 0 Å². The van der Waals surface area contributed by atoms with Gasteiger partial charge in [-0.05, 0) is 24.3 Å². The maximum Gasteiger partial charge on any atom is 0.230 e. The number of carbonyl (C=O) groups excluding carboxylic acids is 1. The lowest BCUT2D eigenvalue weighted by Crippen LogP contribution is -2.37. The molecule has 0 aromatic carbocycles. The summed E-state index contributed by atoms with van der Waals surface area (Å²) in [5.74, 6) is 7.00. The van der Waals surface area contributed by atoms with Gasteiger partial charge in [-0.3, -0.25) is 4.79 Å². The van der Waals surface area contributed by atoms with E-state index >= 15 is 0 Å². The van der Waals surface area contributed by atoms with Crippen molar-refractivity contribution in [1.29, 1.82) is 0 Å². The lowest BCUT2D eigenvalue weighted by Gasteiger charge is -2.22. The number of amides is 1. The molecule has 3 rings (SSSR count). The minimum absolute atomic E-state index is 0.0394. The van der Waals surface area contributed by atoms with E-state index in [9.17, 15) is 4.79 Å². The molecule has 8 heteroatoms. The molecule has 2 heterocycles. The Morgan fingerprint density at radius 2 is 2.23 bits per heavy atom. The molecule has 2 aromatic rings. The van der Waals surface area contributed by atoms with Crippen molar-refractivity contribution in [3.8, 4) is 10.7 Å². The fourth-order valence-corrected chi connectivity index (χ4v) is 3.97. The third-order valence-electron chi connectivity index (χ3n) is 3.71. The fourth-order valence-electron chi connectivity index (χ4n) is 2.60. The molecule has 1 saturated carbocycles. The van der Waals surface area contributed by atoms with Gasteiger partial charge in [-0.1, -0.05) is 37.1 Å². The third-order valence-corrected chi connectivity index (χ3v) is 5.52. The number of nitrogens with one attached hydrogen (secondary N) is 1. The van der Waals surface area contributed by atoms with Gasteiger partial charge in [-0.15, -0.1) is 21.5 Å². The van der Waals surface area contributed by atoms with Crippen LogP contribution in [0.1, 0.15) is 32.1 Å². The standard InChI is InChI=1S/C14H19N5OS2/c15-19-13(11-7-4-8-21-11)17-18-14(19)22-9-12(20)16-10-5-2-1-3-6-10/h4,7-8,10H,1-3,5-6,9,15H2,(H,16,20). The van der Waals surface area contributed by atoms with Gasteiger partial charge in [0.05, 0.1) is 10.6 Å². The quantitative estimate of drug-likeness (QED) is 0.646. The van der Waals surface area contributed by atoms with Crippen LogP contribution in [0.15, 0.2) is 22.7 Å². The Kier molecular flexibility index (Phi) is 4.99. The summed E-state index contributed by atoms with van der Waals surface area (Å²) < 4.78 is 1.45. The molecule has 2 aromatic heterocycles. The van der Waals surface area contributed by atoms with Gasteiger partial charge in [0.2, 0.25) is 11.1 Å². The zero-order valence-corrected chi connectivity index (χ0v) is 13.8. The van der Waals surface area contributed by atoms with Gasteiger partial charge in [0, 0.05) is 6.04 Å². The lowest BCUT2D eigenvalue weighted by atomic mass is 9.95. The average molecular weight is 337 g/mol. The molecule has 1 aliphatic rings. The van der Waals surface area contributed by atoms with Crippen molar-refractivity contribution >= 4 is 29.0 Å². The van der Waals surface area contributed by atoms with Crippen molar-refractivity contribution in [3.63, 3.8) is 0 Å². The topological polar surface area (TPSA) is 85.8 Å². The Bertz CT molecular complexity index is 619. The first kappa shape index (κ1) is 15.4. The van der Waals surface area contributed by atoms with Gasteiger partial charge >= 0.3 is 0 Å². The molecule has 0 aliphatic heterocycles. The summed E-state index contributed by atoms with van der Waals surface area (Å²) in [7, 11) is 0. The van der Waals surface area contributed by atoms with Crippen LogP contribution >= 0.6 is 23.1 Å². The smallest absolute Gasteiger partial charge is 0.230 e. The maximum atomic E-state index is 12.0. The second-order valence-corrected chi connectivity index (χ2v) is 7.23. The Balaban J connectivity index is 1.54. The fraction of sp³-hybridized carbons (Fsp3) is 0.500. The summed E-state index contributed by atoms with van der Waals surface area (Å²) in [5, 5.41) is 13.8. The first-order chi connectivity index (χ1) is 10.7. The molecule has 0 atom stereocenters. The second-order valence-electron chi connectivity index (χ2n) is 5.34.